The Balaban J connectivity index is 2.01. The molecule has 0 fully saturated rings. The molecule has 0 aliphatic rings. The van der Waals surface area contributed by atoms with Crippen molar-refractivity contribution < 1.29 is 18.4 Å². The zero-order chi connectivity index (χ0) is 13.7. The molecule has 0 amide bonds. The second-order valence-corrected chi connectivity index (χ2v) is 4.66. The second kappa shape index (κ2) is 6.69. The van der Waals surface area contributed by atoms with Crippen molar-refractivity contribution in [2.24, 2.45) is 0 Å². The first-order valence-corrected chi connectivity index (χ1v) is 6.60. The lowest BCUT2D eigenvalue weighted by molar-refractivity contribution is 0.0729. The van der Waals surface area contributed by atoms with Gasteiger partial charge in [0, 0.05) is 11.9 Å². The molecule has 5 nitrogen and oxygen atoms in total. The van der Waals surface area contributed by atoms with Crippen LogP contribution in [0.25, 0.3) is 11.5 Å². The molecule has 2 aromatic rings. The van der Waals surface area contributed by atoms with E-state index >= 15 is 0 Å². The van der Waals surface area contributed by atoms with E-state index in [1.165, 1.54) is 16.2 Å². The highest BCUT2D eigenvalue weighted by atomic mass is 32.1. The molecule has 2 aromatic heterocycles. The summed E-state index contributed by atoms with van der Waals surface area (Å²) in [6, 6.07) is 1.84. The Morgan fingerprint density at radius 1 is 1.47 bits per heavy atom. The third-order valence-electron chi connectivity index (χ3n) is 2.41. The van der Waals surface area contributed by atoms with E-state index in [1.54, 1.807) is 0 Å². The number of thiophene rings is 1. The monoisotopic (exact) mass is 289 g/mol. The maximum atomic E-state index is 12.4. The topological polar surface area (TPSA) is 62.4 Å². The Bertz CT molecular complexity index is 490. The van der Waals surface area contributed by atoms with Crippen LogP contribution in [0.5, 0.6) is 0 Å². The first kappa shape index (κ1) is 14.0. The molecule has 104 valence electrons. The second-order valence-electron chi connectivity index (χ2n) is 3.88. The number of halogens is 2. The van der Waals surface area contributed by atoms with Gasteiger partial charge in [-0.2, -0.15) is 16.3 Å². The van der Waals surface area contributed by atoms with E-state index in [2.05, 4.69) is 10.1 Å². The van der Waals surface area contributed by atoms with Gasteiger partial charge >= 0.3 is 0 Å². The molecule has 0 saturated carbocycles. The maximum absolute atomic E-state index is 12.4. The fourth-order valence-corrected chi connectivity index (χ4v) is 2.22. The van der Waals surface area contributed by atoms with E-state index in [4.69, 9.17) is 9.63 Å². The minimum Gasteiger partial charge on any atom is -0.395 e. The van der Waals surface area contributed by atoms with E-state index < -0.39 is 13.0 Å². The molecule has 0 radical (unpaired) electrons. The van der Waals surface area contributed by atoms with E-state index in [0.717, 1.165) is 5.56 Å². The lowest BCUT2D eigenvalue weighted by atomic mass is 10.3. The first-order valence-electron chi connectivity index (χ1n) is 5.65. The summed E-state index contributed by atoms with van der Waals surface area (Å²) in [5, 5.41) is 16.3. The number of aliphatic hydroxyl groups excluding tert-OH is 1. The average molecular weight is 289 g/mol. The molecule has 2 heterocycles. The van der Waals surface area contributed by atoms with Crippen molar-refractivity contribution in [2.45, 2.75) is 13.0 Å². The molecule has 0 spiro atoms. The number of aromatic nitrogens is 2. The Labute approximate surface area is 112 Å². The lowest BCUT2D eigenvalue weighted by Gasteiger charge is -2.18. The number of hydrogen-bond acceptors (Lipinski definition) is 6. The van der Waals surface area contributed by atoms with E-state index in [9.17, 15) is 8.78 Å². The molecular formula is C11H13F2N3O2S. The van der Waals surface area contributed by atoms with Crippen molar-refractivity contribution in [1.82, 2.24) is 15.0 Å². The minimum absolute atomic E-state index is 0.124. The minimum atomic E-state index is -2.46. The lowest BCUT2D eigenvalue weighted by Crippen LogP contribution is -2.31. The molecule has 0 saturated heterocycles. The Hall–Kier alpha value is -1.38. The molecule has 0 unspecified atom stereocenters. The summed E-state index contributed by atoms with van der Waals surface area (Å²) in [6.45, 7) is -0.351. The zero-order valence-electron chi connectivity index (χ0n) is 10.00. The smallest absolute Gasteiger partial charge is 0.258 e. The van der Waals surface area contributed by atoms with Crippen LogP contribution in [0.15, 0.2) is 21.3 Å². The quantitative estimate of drug-likeness (QED) is 0.843. The van der Waals surface area contributed by atoms with Gasteiger partial charge in [0.15, 0.2) is 5.82 Å². The summed E-state index contributed by atoms with van der Waals surface area (Å²) in [4.78, 5) is 5.52. The van der Waals surface area contributed by atoms with Crippen LogP contribution in [0.4, 0.5) is 8.78 Å². The molecule has 0 atom stereocenters. The molecule has 0 aliphatic heterocycles. The van der Waals surface area contributed by atoms with Crippen molar-refractivity contribution in [3.63, 3.8) is 0 Å². The van der Waals surface area contributed by atoms with Crippen LogP contribution in [-0.2, 0) is 6.54 Å². The van der Waals surface area contributed by atoms with Crippen molar-refractivity contribution in [2.75, 3.05) is 19.7 Å². The number of aliphatic hydroxyl groups is 1. The van der Waals surface area contributed by atoms with Crippen molar-refractivity contribution in [1.29, 1.82) is 0 Å². The molecule has 0 aliphatic carbocycles. The fourth-order valence-electron chi connectivity index (χ4n) is 1.59. The number of alkyl halides is 2. The summed E-state index contributed by atoms with van der Waals surface area (Å²) >= 11 is 1.50. The highest BCUT2D eigenvalue weighted by Gasteiger charge is 2.16. The van der Waals surface area contributed by atoms with Crippen LogP contribution in [0.1, 0.15) is 5.82 Å². The third-order valence-corrected chi connectivity index (χ3v) is 3.10. The normalized spacial score (nSPS) is 11.6. The highest BCUT2D eigenvalue weighted by Crippen LogP contribution is 2.20. The Morgan fingerprint density at radius 3 is 2.95 bits per heavy atom. The van der Waals surface area contributed by atoms with Crippen LogP contribution in [-0.4, -0.2) is 46.3 Å². The molecule has 1 N–H and O–H groups in total. The summed E-state index contributed by atoms with van der Waals surface area (Å²) < 4.78 is 29.8. The van der Waals surface area contributed by atoms with Gasteiger partial charge in [-0.1, -0.05) is 5.16 Å². The summed E-state index contributed by atoms with van der Waals surface area (Å²) in [5.74, 6) is 0.701. The predicted octanol–water partition coefficient (Wildman–Crippen LogP) is 1.86. The van der Waals surface area contributed by atoms with Gasteiger partial charge in [-0.25, -0.2) is 8.78 Å². The number of nitrogens with zero attached hydrogens (tertiary/aromatic N) is 3. The highest BCUT2D eigenvalue weighted by molar-refractivity contribution is 7.08. The number of hydrogen-bond donors (Lipinski definition) is 1. The zero-order valence-corrected chi connectivity index (χ0v) is 10.8. The van der Waals surface area contributed by atoms with Crippen molar-refractivity contribution in [3.05, 3.63) is 22.7 Å². The molecular weight excluding hydrogens is 276 g/mol. The van der Waals surface area contributed by atoms with Crippen LogP contribution in [0.3, 0.4) is 0 Å². The Morgan fingerprint density at radius 2 is 2.32 bits per heavy atom. The number of rotatable bonds is 7. The third kappa shape index (κ3) is 4.05. The van der Waals surface area contributed by atoms with Gasteiger partial charge in [0.25, 0.3) is 12.3 Å². The van der Waals surface area contributed by atoms with Gasteiger partial charge in [-0.3, -0.25) is 4.90 Å². The van der Waals surface area contributed by atoms with E-state index in [0.29, 0.717) is 11.7 Å². The predicted molar refractivity (Wildman–Crippen MR) is 66.0 cm³/mol. The fraction of sp³-hybridized carbons (Fsp3) is 0.455. The van der Waals surface area contributed by atoms with Gasteiger partial charge in [-0.05, 0) is 11.4 Å². The van der Waals surface area contributed by atoms with Crippen LogP contribution in [0.2, 0.25) is 0 Å². The van der Waals surface area contributed by atoms with Gasteiger partial charge in [0.05, 0.1) is 25.3 Å². The van der Waals surface area contributed by atoms with Crippen molar-refractivity contribution in [3.8, 4) is 11.5 Å². The first-order chi connectivity index (χ1) is 9.19. The van der Waals surface area contributed by atoms with E-state index in [1.807, 2.05) is 16.8 Å². The Kier molecular flexibility index (Phi) is 4.94. The molecule has 2 rings (SSSR count). The van der Waals surface area contributed by atoms with Gasteiger partial charge in [0.2, 0.25) is 0 Å². The van der Waals surface area contributed by atoms with Crippen LogP contribution >= 0.6 is 11.3 Å². The largest absolute Gasteiger partial charge is 0.395 e. The molecule has 8 heteroatoms. The van der Waals surface area contributed by atoms with Crippen molar-refractivity contribution >= 4 is 11.3 Å². The van der Waals surface area contributed by atoms with Crippen LogP contribution in [0, 0.1) is 0 Å². The SMILES string of the molecule is OCCN(Cc1noc(-c2ccsc2)n1)CC(F)F. The average Bonchev–Trinajstić information content (AvgIpc) is 2.97. The summed E-state index contributed by atoms with van der Waals surface area (Å²) in [6.07, 6.45) is -2.46. The maximum Gasteiger partial charge on any atom is 0.258 e. The van der Waals surface area contributed by atoms with E-state index in [-0.39, 0.29) is 19.7 Å². The van der Waals surface area contributed by atoms with Gasteiger partial charge in [0.1, 0.15) is 0 Å². The molecule has 19 heavy (non-hydrogen) atoms. The molecule has 0 bridgehead atoms. The van der Waals surface area contributed by atoms with Crippen LogP contribution < -0.4 is 0 Å². The van der Waals surface area contributed by atoms with Gasteiger partial charge in [-0.15, -0.1) is 0 Å². The van der Waals surface area contributed by atoms with Gasteiger partial charge < -0.3 is 9.63 Å². The summed E-state index contributed by atoms with van der Waals surface area (Å²) in [7, 11) is 0. The summed E-state index contributed by atoms with van der Waals surface area (Å²) in [5.41, 5.74) is 0.811. The standard InChI is InChI=1S/C11H13F2N3O2S/c12-9(13)5-16(2-3-17)6-10-14-11(18-15-10)8-1-4-19-7-8/h1,4,7,9,17H,2-3,5-6H2. The molecule has 0 aromatic carbocycles.